The van der Waals surface area contributed by atoms with Gasteiger partial charge in [-0.25, -0.2) is 0 Å². The highest BCUT2D eigenvalue weighted by molar-refractivity contribution is 5.98. The molecule has 1 heterocycles. The van der Waals surface area contributed by atoms with Crippen LogP contribution in [-0.4, -0.2) is 15.6 Å². The third kappa shape index (κ3) is 2.44. The van der Waals surface area contributed by atoms with Crippen LogP contribution in [0.25, 0.3) is 0 Å². The minimum atomic E-state index is 0.115. The van der Waals surface area contributed by atoms with E-state index in [0.29, 0.717) is 6.54 Å². The van der Waals surface area contributed by atoms with E-state index in [1.54, 1.807) is 17.1 Å². The van der Waals surface area contributed by atoms with Crippen molar-refractivity contribution in [2.24, 2.45) is 0 Å². The number of carbonyl (C=O) groups is 1. The summed E-state index contributed by atoms with van der Waals surface area (Å²) in [6, 6.07) is 5.91. The number of carbonyl (C=O) groups excluding carboxylic acids is 1. The smallest absolute Gasteiger partial charge is 0.184 e. The number of nitrogens with zero attached hydrogens (tertiary/aromatic N) is 2. The predicted octanol–water partition coefficient (Wildman–Crippen LogP) is 2.69. The highest BCUT2D eigenvalue weighted by atomic mass is 16.1. The zero-order valence-electron chi connectivity index (χ0n) is 10.4. The van der Waals surface area contributed by atoms with Crippen LogP contribution in [0.15, 0.2) is 30.6 Å². The molecule has 0 amide bonds. The number of ketones is 1. The normalized spacial score (nSPS) is 10.5. The van der Waals surface area contributed by atoms with E-state index >= 15 is 0 Å². The molecule has 0 saturated heterocycles. The van der Waals surface area contributed by atoms with Crippen molar-refractivity contribution < 1.29 is 4.79 Å². The Morgan fingerprint density at radius 1 is 1.24 bits per heavy atom. The average Bonchev–Trinajstić information content (AvgIpc) is 2.68. The lowest BCUT2D eigenvalue weighted by Crippen LogP contribution is -2.13. The Balaban J connectivity index is 2.31. The Bertz CT molecular complexity index is 518. The maximum Gasteiger partial charge on any atom is 0.184 e. The molecule has 0 saturated carbocycles. The van der Waals surface area contributed by atoms with Gasteiger partial charge in [0.15, 0.2) is 5.78 Å². The number of hydrogen-bond acceptors (Lipinski definition) is 2. The number of rotatable bonds is 3. The Morgan fingerprint density at radius 2 is 1.88 bits per heavy atom. The van der Waals surface area contributed by atoms with Crippen LogP contribution in [0.1, 0.15) is 27.0 Å². The first kappa shape index (κ1) is 11.6. The lowest BCUT2D eigenvalue weighted by atomic mass is 9.96. The first-order valence-electron chi connectivity index (χ1n) is 5.66. The Labute approximate surface area is 101 Å². The Hall–Kier alpha value is -1.90. The second-order valence-corrected chi connectivity index (χ2v) is 4.40. The summed E-state index contributed by atoms with van der Waals surface area (Å²) in [5.74, 6) is 0.115. The Kier molecular flexibility index (Phi) is 3.09. The molecule has 2 rings (SSSR count). The molecule has 0 aliphatic carbocycles. The lowest BCUT2D eigenvalue weighted by molar-refractivity contribution is 0.0966. The summed E-state index contributed by atoms with van der Waals surface area (Å²) >= 11 is 0. The van der Waals surface area contributed by atoms with Gasteiger partial charge in [0.25, 0.3) is 0 Å². The van der Waals surface area contributed by atoms with E-state index in [4.69, 9.17) is 0 Å². The molecule has 0 aliphatic rings. The molecule has 1 aromatic heterocycles. The highest BCUT2D eigenvalue weighted by Gasteiger charge is 2.13. The number of Topliss-reactive ketones (excluding diaryl/α,β-unsaturated/α-hetero) is 1. The largest absolute Gasteiger partial charge is 0.292 e. The van der Waals surface area contributed by atoms with Gasteiger partial charge in [0, 0.05) is 18.0 Å². The summed E-state index contributed by atoms with van der Waals surface area (Å²) in [5.41, 5.74) is 4.10. The first-order chi connectivity index (χ1) is 8.08. The molecule has 0 atom stereocenters. The van der Waals surface area contributed by atoms with Crippen LogP contribution in [0, 0.1) is 20.8 Å². The third-order valence-electron chi connectivity index (χ3n) is 2.82. The van der Waals surface area contributed by atoms with Gasteiger partial charge in [0.2, 0.25) is 0 Å². The first-order valence-corrected chi connectivity index (χ1v) is 5.66. The second-order valence-electron chi connectivity index (χ2n) is 4.40. The van der Waals surface area contributed by atoms with Crippen LogP contribution in [0.5, 0.6) is 0 Å². The molecule has 3 nitrogen and oxygen atoms in total. The van der Waals surface area contributed by atoms with Crippen LogP contribution in [0.2, 0.25) is 0 Å². The molecule has 1 aromatic carbocycles. The predicted molar refractivity (Wildman–Crippen MR) is 67.2 cm³/mol. The van der Waals surface area contributed by atoms with Crippen molar-refractivity contribution >= 4 is 5.78 Å². The van der Waals surface area contributed by atoms with Crippen molar-refractivity contribution in [2.75, 3.05) is 0 Å². The van der Waals surface area contributed by atoms with Gasteiger partial charge in [-0.2, -0.15) is 5.10 Å². The summed E-state index contributed by atoms with van der Waals surface area (Å²) < 4.78 is 1.65. The maximum absolute atomic E-state index is 12.2. The van der Waals surface area contributed by atoms with Gasteiger partial charge in [0.05, 0.1) is 0 Å². The molecule has 0 fully saturated rings. The van der Waals surface area contributed by atoms with Crippen LogP contribution >= 0.6 is 0 Å². The van der Waals surface area contributed by atoms with Crippen LogP contribution in [0.3, 0.4) is 0 Å². The molecule has 0 aliphatic heterocycles. The number of benzene rings is 1. The van der Waals surface area contributed by atoms with Gasteiger partial charge in [0.1, 0.15) is 6.54 Å². The summed E-state index contributed by atoms with van der Waals surface area (Å²) in [6.45, 7) is 6.31. The third-order valence-corrected chi connectivity index (χ3v) is 2.82. The van der Waals surface area contributed by atoms with Gasteiger partial charge < -0.3 is 0 Å². The molecule has 0 spiro atoms. The van der Waals surface area contributed by atoms with Crippen LogP contribution < -0.4 is 0 Å². The number of aromatic nitrogens is 2. The topological polar surface area (TPSA) is 34.9 Å². The van der Waals surface area contributed by atoms with E-state index in [-0.39, 0.29) is 5.78 Å². The minimum absolute atomic E-state index is 0.115. The fraction of sp³-hybridized carbons (Fsp3) is 0.286. The molecule has 0 bridgehead atoms. The minimum Gasteiger partial charge on any atom is -0.292 e. The molecule has 17 heavy (non-hydrogen) atoms. The van der Waals surface area contributed by atoms with Gasteiger partial charge in [-0.05, 0) is 38.0 Å². The summed E-state index contributed by atoms with van der Waals surface area (Å²) in [5, 5.41) is 4.05. The lowest BCUT2D eigenvalue weighted by Gasteiger charge is -2.10. The zero-order valence-corrected chi connectivity index (χ0v) is 10.4. The van der Waals surface area contributed by atoms with Gasteiger partial charge >= 0.3 is 0 Å². The van der Waals surface area contributed by atoms with Crippen molar-refractivity contribution in [3.63, 3.8) is 0 Å². The van der Waals surface area contributed by atoms with Crippen LogP contribution in [0.4, 0.5) is 0 Å². The molecular formula is C14H16N2O. The number of hydrogen-bond donors (Lipinski definition) is 0. The summed E-state index contributed by atoms with van der Waals surface area (Å²) in [6.07, 6.45) is 3.49. The van der Waals surface area contributed by atoms with E-state index in [2.05, 4.69) is 5.10 Å². The van der Waals surface area contributed by atoms with Crippen molar-refractivity contribution in [2.45, 2.75) is 27.3 Å². The van der Waals surface area contributed by atoms with Gasteiger partial charge in [-0.3, -0.25) is 9.48 Å². The van der Waals surface area contributed by atoms with Crippen molar-refractivity contribution in [3.05, 3.63) is 52.8 Å². The fourth-order valence-corrected chi connectivity index (χ4v) is 2.24. The Morgan fingerprint density at radius 3 is 2.41 bits per heavy atom. The van der Waals surface area contributed by atoms with E-state index in [1.165, 1.54) is 5.56 Å². The van der Waals surface area contributed by atoms with E-state index in [0.717, 1.165) is 16.7 Å². The van der Waals surface area contributed by atoms with Crippen molar-refractivity contribution in [1.82, 2.24) is 9.78 Å². The molecular weight excluding hydrogens is 212 g/mol. The SMILES string of the molecule is Cc1cc(C)c(C(=O)Cn2cccn2)c(C)c1. The standard InChI is InChI=1S/C14H16N2O/c1-10-7-11(2)14(12(3)8-10)13(17)9-16-6-4-5-15-16/h4-8H,9H2,1-3H3. The number of aryl methyl sites for hydroxylation is 3. The molecule has 0 N–H and O–H groups in total. The van der Waals surface area contributed by atoms with Gasteiger partial charge in [-0.1, -0.05) is 17.7 Å². The maximum atomic E-state index is 12.2. The van der Waals surface area contributed by atoms with E-state index in [1.807, 2.05) is 39.0 Å². The van der Waals surface area contributed by atoms with Crippen molar-refractivity contribution in [1.29, 1.82) is 0 Å². The molecule has 0 radical (unpaired) electrons. The second kappa shape index (κ2) is 4.53. The highest BCUT2D eigenvalue weighted by Crippen LogP contribution is 2.17. The molecule has 88 valence electrons. The molecule has 2 aromatic rings. The van der Waals surface area contributed by atoms with Gasteiger partial charge in [-0.15, -0.1) is 0 Å². The zero-order chi connectivity index (χ0) is 12.4. The van der Waals surface area contributed by atoms with Crippen molar-refractivity contribution in [3.8, 4) is 0 Å². The summed E-state index contributed by atoms with van der Waals surface area (Å²) in [4.78, 5) is 12.2. The average molecular weight is 228 g/mol. The van der Waals surface area contributed by atoms with E-state index < -0.39 is 0 Å². The molecule has 3 heteroatoms. The summed E-state index contributed by atoms with van der Waals surface area (Å²) in [7, 11) is 0. The quantitative estimate of drug-likeness (QED) is 0.757. The van der Waals surface area contributed by atoms with E-state index in [9.17, 15) is 4.79 Å². The monoisotopic (exact) mass is 228 g/mol. The fourth-order valence-electron chi connectivity index (χ4n) is 2.24. The molecule has 0 unspecified atom stereocenters. The van der Waals surface area contributed by atoms with Crippen LogP contribution in [-0.2, 0) is 6.54 Å².